The van der Waals surface area contributed by atoms with Crippen LogP contribution in [0.5, 0.6) is 0 Å². The van der Waals surface area contributed by atoms with Crippen LogP contribution in [0.4, 0.5) is 10.1 Å². The van der Waals surface area contributed by atoms with Crippen molar-refractivity contribution in [2.24, 2.45) is 0 Å². The van der Waals surface area contributed by atoms with Crippen LogP contribution in [0.25, 0.3) is 0 Å². The van der Waals surface area contributed by atoms with Crippen LogP contribution in [-0.2, 0) is 6.42 Å². The van der Waals surface area contributed by atoms with Gasteiger partial charge in [0.05, 0.1) is 9.95 Å². The van der Waals surface area contributed by atoms with Gasteiger partial charge in [-0.15, -0.1) is 0 Å². The molecule has 0 saturated heterocycles. The lowest BCUT2D eigenvalue weighted by molar-refractivity contribution is -0.385. The molecule has 1 unspecified atom stereocenters. The number of hydrogen-bond acceptors (Lipinski definition) is 2. The molecule has 0 N–H and O–H groups in total. The average molecular weight is 359 g/mol. The Morgan fingerprint density at radius 3 is 2.65 bits per heavy atom. The number of nitrogens with zero attached hydrogens (tertiary/aromatic N) is 1. The zero-order valence-electron chi connectivity index (χ0n) is 10.2. The molecule has 3 nitrogen and oxygen atoms in total. The predicted octanol–water partition coefficient (Wildman–Crippen LogP) is 5.07. The van der Waals surface area contributed by atoms with E-state index in [9.17, 15) is 14.5 Å². The molecule has 104 valence electrons. The summed E-state index contributed by atoms with van der Waals surface area (Å²) in [5, 5.41) is 11.0. The topological polar surface area (TPSA) is 43.1 Å². The highest BCUT2D eigenvalue weighted by Gasteiger charge is 2.17. The smallest absolute Gasteiger partial charge is 0.258 e. The van der Waals surface area contributed by atoms with Crippen LogP contribution in [-0.4, -0.2) is 4.92 Å². The Balaban J connectivity index is 2.25. The van der Waals surface area contributed by atoms with E-state index in [4.69, 9.17) is 11.6 Å². The molecule has 0 saturated carbocycles. The van der Waals surface area contributed by atoms with Crippen LogP contribution in [0.3, 0.4) is 0 Å². The number of rotatable bonds is 4. The summed E-state index contributed by atoms with van der Waals surface area (Å²) in [5.41, 5.74) is 1.34. The van der Waals surface area contributed by atoms with Gasteiger partial charge in [0.1, 0.15) is 5.82 Å². The maximum Gasteiger partial charge on any atom is 0.272 e. The minimum atomic E-state index is -0.504. The van der Waals surface area contributed by atoms with Crippen molar-refractivity contribution in [1.29, 1.82) is 0 Å². The normalized spacial score (nSPS) is 12.2. The molecule has 0 aliphatic rings. The SMILES string of the molecule is O=[N+]([O-])c1ccccc1CC(Br)c1ccc(Cl)c(F)c1. The number of halogens is 3. The first-order valence-electron chi connectivity index (χ1n) is 5.80. The maximum atomic E-state index is 13.4. The van der Waals surface area contributed by atoms with Gasteiger partial charge in [0.25, 0.3) is 5.69 Å². The summed E-state index contributed by atoms with van der Waals surface area (Å²) in [7, 11) is 0. The molecule has 2 rings (SSSR count). The van der Waals surface area contributed by atoms with E-state index in [-0.39, 0.29) is 15.5 Å². The highest BCUT2D eigenvalue weighted by Crippen LogP contribution is 2.32. The van der Waals surface area contributed by atoms with E-state index >= 15 is 0 Å². The summed E-state index contributed by atoms with van der Waals surface area (Å²) >= 11 is 9.07. The number of nitro benzene ring substituents is 1. The van der Waals surface area contributed by atoms with Gasteiger partial charge < -0.3 is 0 Å². The molecule has 1 atom stereocenters. The predicted molar refractivity (Wildman–Crippen MR) is 79.9 cm³/mol. The zero-order valence-corrected chi connectivity index (χ0v) is 12.6. The second kappa shape index (κ2) is 6.33. The second-order valence-electron chi connectivity index (χ2n) is 4.23. The van der Waals surface area contributed by atoms with Crippen LogP contribution in [0, 0.1) is 15.9 Å². The molecule has 0 radical (unpaired) electrons. The lowest BCUT2D eigenvalue weighted by atomic mass is 10.0. The molecule has 6 heteroatoms. The summed E-state index contributed by atoms with van der Waals surface area (Å²) in [4.78, 5) is 10.3. The van der Waals surface area contributed by atoms with Crippen molar-refractivity contribution in [3.63, 3.8) is 0 Å². The van der Waals surface area contributed by atoms with Crippen molar-refractivity contribution >= 4 is 33.2 Å². The van der Waals surface area contributed by atoms with Gasteiger partial charge in [-0.1, -0.05) is 51.8 Å². The monoisotopic (exact) mass is 357 g/mol. The number of para-hydroxylation sites is 1. The van der Waals surface area contributed by atoms with Crippen molar-refractivity contribution in [1.82, 2.24) is 0 Å². The van der Waals surface area contributed by atoms with E-state index in [0.717, 1.165) is 0 Å². The van der Waals surface area contributed by atoms with E-state index in [2.05, 4.69) is 15.9 Å². The van der Waals surface area contributed by atoms with Crippen molar-refractivity contribution < 1.29 is 9.31 Å². The Morgan fingerprint density at radius 2 is 2.00 bits per heavy atom. The summed E-state index contributed by atoms with van der Waals surface area (Å²) < 4.78 is 13.4. The summed E-state index contributed by atoms with van der Waals surface area (Å²) in [6.07, 6.45) is 0.387. The van der Waals surface area contributed by atoms with Crippen molar-refractivity contribution in [2.75, 3.05) is 0 Å². The van der Waals surface area contributed by atoms with Gasteiger partial charge in [0.15, 0.2) is 0 Å². The summed E-state index contributed by atoms with van der Waals surface area (Å²) in [6.45, 7) is 0. The van der Waals surface area contributed by atoms with Gasteiger partial charge >= 0.3 is 0 Å². The largest absolute Gasteiger partial charge is 0.272 e. The van der Waals surface area contributed by atoms with Gasteiger partial charge in [-0.05, 0) is 24.1 Å². The van der Waals surface area contributed by atoms with E-state index in [1.807, 2.05) is 0 Å². The molecule has 0 spiro atoms. The quantitative estimate of drug-likeness (QED) is 0.435. The molecule has 0 aliphatic heterocycles. The first-order chi connectivity index (χ1) is 9.49. The molecule has 0 bridgehead atoms. The van der Waals surface area contributed by atoms with E-state index < -0.39 is 10.7 Å². The standard InChI is InChI=1S/C14H10BrClFNO2/c15-11(9-5-6-12(16)13(17)8-9)7-10-3-1-2-4-14(10)18(19)20/h1-6,8,11H,7H2. The number of benzene rings is 2. The van der Waals surface area contributed by atoms with Gasteiger partial charge in [-0.3, -0.25) is 10.1 Å². The van der Waals surface area contributed by atoms with Crippen molar-refractivity contribution in [3.05, 3.63) is 74.5 Å². The highest BCUT2D eigenvalue weighted by molar-refractivity contribution is 9.09. The highest BCUT2D eigenvalue weighted by atomic mass is 79.9. The van der Waals surface area contributed by atoms with Crippen LogP contribution in [0.1, 0.15) is 16.0 Å². The summed E-state index contributed by atoms with van der Waals surface area (Å²) in [5.74, 6) is -0.504. The molecule has 2 aromatic rings. The number of nitro groups is 1. The van der Waals surface area contributed by atoms with Crippen LogP contribution in [0.15, 0.2) is 42.5 Å². The van der Waals surface area contributed by atoms with Crippen LogP contribution >= 0.6 is 27.5 Å². The van der Waals surface area contributed by atoms with Crippen LogP contribution in [0.2, 0.25) is 5.02 Å². The van der Waals surface area contributed by atoms with Crippen molar-refractivity contribution in [2.45, 2.75) is 11.2 Å². The second-order valence-corrected chi connectivity index (χ2v) is 5.74. The fraction of sp³-hybridized carbons (Fsp3) is 0.143. The molecule has 0 aliphatic carbocycles. The molecule has 0 fully saturated rings. The first kappa shape index (κ1) is 14.9. The lowest BCUT2D eigenvalue weighted by Gasteiger charge is -2.11. The van der Waals surface area contributed by atoms with Gasteiger partial charge in [-0.25, -0.2) is 4.39 Å². The van der Waals surface area contributed by atoms with Gasteiger partial charge in [-0.2, -0.15) is 0 Å². The molecular formula is C14H10BrClFNO2. The van der Waals surface area contributed by atoms with E-state index in [1.54, 1.807) is 24.3 Å². The minimum Gasteiger partial charge on any atom is -0.258 e. The van der Waals surface area contributed by atoms with Crippen molar-refractivity contribution in [3.8, 4) is 0 Å². The average Bonchev–Trinajstić information content (AvgIpc) is 2.42. The third-order valence-corrected chi connectivity index (χ3v) is 4.05. The fourth-order valence-electron chi connectivity index (χ4n) is 1.88. The Kier molecular flexibility index (Phi) is 4.73. The van der Waals surface area contributed by atoms with E-state index in [1.165, 1.54) is 18.2 Å². The molecular weight excluding hydrogens is 349 g/mol. The Bertz CT molecular complexity index is 651. The molecule has 20 heavy (non-hydrogen) atoms. The molecule has 0 amide bonds. The Labute approximate surface area is 128 Å². The molecule has 2 aromatic carbocycles. The Hall–Kier alpha value is -1.46. The van der Waals surface area contributed by atoms with E-state index in [0.29, 0.717) is 17.5 Å². The summed E-state index contributed by atoms with van der Waals surface area (Å²) in [6, 6.07) is 11.0. The molecule has 0 heterocycles. The number of alkyl halides is 1. The molecule has 0 aromatic heterocycles. The maximum absolute atomic E-state index is 13.4. The third-order valence-electron chi connectivity index (χ3n) is 2.89. The zero-order chi connectivity index (χ0) is 14.7. The van der Waals surface area contributed by atoms with Gasteiger partial charge in [0, 0.05) is 16.5 Å². The minimum absolute atomic E-state index is 0.0548. The van der Waals surface area contributed by atoms with Crippen LogP contribution < -0.4 is 0 Å². The van der Waals surface area contributed by atoms with Gasteiger partial charge in [0.2, 0.25) is 0 Å². The first-order valence-corrected chi connectivity index (χ1v) is 7.09. The fourth-order valence-corrected chi connectivity index (χ4v) is 2.63. The number of hydrogen-bond donors (Lipinski definition) is 0. The Morgan fingerprint density at radius 1 is 1.30 bits per heavy atom. The third kappa shape index (κ3) is 3.35. The lowest BCUT2D eigenvalue weighted by Crippen LogP contribution is -2.00.